The number of nitrogens with zero attached hydrogens (tertiary/aromatic N) is 3. The zero-order valence-corrected chi connectivity index (χ0v) is 11.4. The molecule has 0 radical (unpaired) electrons. The molecule has 0 atom stereocenters. The van der Waals surface area contributed by atoms with Gasteiger partial charge in [0.05, 0.1) is 10.4 Å². The van der Waals surface area contributed by atoms with E-state index in [1.165, 1.54) is 18.5 Å². The van der Waals surface area contributed by atoms with Crippen LogP contribution in [0.15, 0.2) is 48.8 Å². The Hall–Kier alpha value is -2.73. The van der Waals surface area contributed by atoms with Crippen molar-refractivity contribution >= 4 is 39.7 Å². The fourth-order valence-electron chi connectivity index (χ4n) is 1.96. The lowest BCUT2D eigenvalue weighted by Crippen LogP contribution is -1.97. The van der Waals surface area contributed by atoms with E-state index >= 15 is 0 Å². The highest BCUT2D eigenvalue weighted by molar-refractivity contribution is 6.33. The maximum atomic E-state index is 10.9. The second kappa shape index (κ2) is 5.34. The lowest BCUT2D eigenvalue weighted by Gasteiger charge is -2.08. The first-order chi connectivity index (χ1) is 10.1. The van der Waals surface area contributed by atoms with E-state index in [9.17, 15) is 10.1 Å². The van der Waals surface area contributed by atoms with Crippen molar-refractivity contribution in [1.29, 1.82) is 0 Å². The molecule has 0 spiro atoms. The van der Waals surface area contributed by atoms with Crippen LogP contribution in [-0.2, 0) is 0 Å². The van der Waals surface area contributed by atoms with Crippen molar-refractivity contribution < 1.29 is 4.92 Å². The van der Waals surface area contributed by atoms with Gasteiger partial charge in [0, 0.05) is 17.1 Å². The molecule has 0 unspecified atom stereocenters. The molecule has 104 valence electrons. The van der Waals surface area contributed by atoms with E-state index in [1.807, 2.05) is 30.3 Å². The summed E-state index contributed by atoms with van der Waals surface area (Å²) in [6.45, 7) is 0. The second-order valence-electron chi connectivity index (χ2n) is 4.29. The van der Waals surface area contributed by atoms with Gasteiger partial charge in [0.2, 0.25) is 0 Å². The lowest BCUT2D eigenvalue weighted by atomic mass is 10.2. The zero-order valence-electron chi connectivity index (χ0n) is 10.7. The number of nitro benzene ring substituents is 1. The van der Waals surface area contributed by atoms with Gasteiger partial charge in [-0.3, -0.25) is 10.1 Å². The standard InChI is InChI=1S/C14H9ClN4O2/c15-11-6-10-12(7-13(11)19(20)21)16-8-17-14(10)18-9-4-2-1-3-5-9/h1-8H,(H,16,17,18). The number of benzene rings is 2. The Morgan fingerprint density at radius 1 is 1.14 bits per heavy atom. The Balaban J connectivity index is 2.12. The Bertz CT molecular complexity index is 824. The van der Waals surface area contributed by atoms with Gasteiger partial charge in [-0.05, 0) is 18.2 Å². The van der Waals surface area contributed by atoms with Crippen molar-refractivity contribution in [3.05, 3.63) is 63.9 Å². The Kier molecular flexibility index (Phi) is 3.37. The molecule has 6 nitrogen and oxygen atoms in total. The third kappa shape index (κ3) is 2.61. The molecule has 1 aromatic heterocycles. The van der Waals surface area contributed by atoms with Crippen LogP contribution in [0.5, 0.6) is 0 Å². The van der Waals surface area contributed by atoms with Crippen molar-refractivity contribution in [2.75, 3.05) is 5.32 Å². The molecule has 0 saturated carbocycles. The monoisotopic (exact) mass is 300 g/mol. The molecular formula is C14H9ClN4O2. The summed E-state index contributed by atoms with van der Waals surface area (Å²) < 4.78 is 0. The highest BCUT2D eigenvalue weighted by Crippen LogP contribution is 2.32. The maximum Gasteiger partial charge on any atom is 0.290 e. The van der Waals surface area contributed by atoms with Crippen LogP contribution in [0, 0.1) is 10.1 Å². The SMILES string of the molecule is O=[N+]([O-])c1cc2ncnc(Nc3ccccc3)c2cc1Cl. The number of anilines is 2. The number of fused-ring (bicyclic) bond motifs is 1. The minimum absolute atomic E-state index is 0.0541. The van der Waals surface area contributed by atoms with Gasteiger partial charge in [0.1, 0.15) is 17.2 Å². The van der Waals surface area contributed by atoms with E-state index in [0.717, 1.165) is 5.69 Å². The second-order valence-corrected chi connectivity index (χ2v) is 4.70. The number of hydrogen-bond donors (Lipinski definition) is 1. The van der Waals surface area contributed by atoms with Crippen molar-refractivity contribution in [2.45, 2.75) is 0 Å². The first-order valence-corrected chi connectivity index (χ1v) is 6.43. The fraction of sp³-hybridized carbons (Fsp3) is 0. The average Bonchev–Trinajstić information content (AvgIpc) is 2.48. The molecule has 0 bridgehead atoms. The molecule has 0 saturated heterocycles. The highest BCUT2D eigenvalue weighted by Gasteiger charge is 2.16. The number of para-hydroxylation sites is 1. The van der Waals surface area contributed by atoms with E-state index in [1.54, 1.807) is 0 Å². The third-order valence-electron chi connectivity index (χ3n) is 2.94. The van der Waals surface area contributed by atoms with Crippen LogP contribution in [-0.4, -0.2) is 14.9 Å². The topological polar surface area (TPSA) is 81.0 Å². The van der Waals surface area contributed by atoms with Crippen molar-refractivity contribution in [2.24, 2.45) is 0 Å². The van der Waals surface area contributed by atoms with Crippen molar-refractivity contribution in [3.63, 3.8) is 0 Å². The molecular weight excluding hydrogens is 292 g/mol. The quantitative estimate of drug-likeness (QED) is 0.585. The molecule has 1 heterocycles. The molecule has 2 aromatic carbocycles. The molecule has 1 N–H and O–H groups in total. The largest absolute Gasteiger partial charge is 0.340 e. The fourth-order valence-corrected chi connectivity index (χ4v) is 2.20. The van der Waals surface area contributed by atoms with Crippen molar-refractivity contribution in [3.8, 4) is 0 Å². The van der Waals surface area contributed by atoms with E-state index in [-0.39, 0.29) is 10.7 Å². The number of rotatable bonds is 3. The minimum Gasteiger partial charge on any atom is -0.340 e. The van der Waals surface area contributed by atoms with Gasteiger partial charge in [0.25, 0.3) is 5.69 Å². The molecule has 21 heavy (non-hydrogen) atoms. The first-order valence-electron chi connectivity index (χ1n) is 6.06. The number of nitro groups is 1. The summed E-state index contributed by atoms with van der Waals surface area (Å²) in [6.07, 6.45) is 1.35. The molecule has 7 heteroatoms. The molecule has 3 rings (SSSR count). The van der Waals surface area contributed by atoms with Gasteiger partial charge in [-0.1, -0.05) is 29.8 Å². The average molecular weight is 301 g/mol. The van der Waals surface area contributed by atoms with E-state index < -0.39 is 4.92 Å². The number of nitrogens with one attached hydrogen (secondary N) is 1. The predicted octanol–water partition coefficient (Wildman–Crippen LogP) is 3.94. The van der Waals surface area contributed by atoms with Gasteiger partial charge in [-0.25, -0.2) is 9.97 Å². The zero-order chi connectivity index (χ0) is 14.8. The lowest BCUT2D eigenvalue weighted by molar-refractivity contribution is -0.384. The van der Waals surface area contributed by atoms with Gasteiger partial charge >= 0.3 is 0 Å². The first kappa shape index (κ1) is 13.3. The maximum absolute atomic E-state index is 10.9. The summed E-state index contributed by atoms with van der Waals surface area (Å²) in [6, 6.07) is 12.3. The Morgan fingerprint density at radius 2 is 1.90 bits per heavy atom. The normalized spacial score (nSPS) is 10.5. The summed E-state index contributed by atoms with van der Waals surface area (Å²) >= 11 is 5.95. The van der Waals surface area contributed by atoms with Crippen LogP contribution in [0.1, 0.15) is 0 Å². The number of hydrogen-bond acceptors (Lipinski definition) is 5. The van der Waals surface area contributed by atoms with Crippen LogP contribution in [0.3, 0.4) is 0 Å². The van der Waals surface area contributed by atoms with Crippen LogP contribution >= 0.6 is 11.6 Å². The van der Waals surface area contributed by atoms with E-state index in [4.69, 9.17) is 11.6 Å². The van der Waals surface area contributed by atoms with Gasteiger partial charge in [0.15, 0.2) is 0 Å². The summed E-state index contributed by atoms with van der Waals surface area (Å²) in [5.41, 5.74) is 1.14. The minimum atomic E-state index is -0.534. The van der Waals surface area contributed by atoms with E-state index in [0.29, 0.717) is 16.7 Å². The number of halogens is 1. The molecule has 0 aliphatic rings. The summed E-state index contributed by atoms with van der Waals surface area (Å²) in [5.74, 6) is 0.544. The van der Waals surface area contributed by atoms with Gasteiger partial charge < -0.3 is 5.32 Å². The Labute approximate surface area is 124 Å². The summed E-state index contributed by atoms with van der Waals surface area (Å²) in [5, 5.41) is 14.7. The van der Waals surface area contributed by atoms with Crippen LogP contribution < -0.4 is 5.32 Å². The van der Waals surface area contributed by atoms with E-state index in [2.05, 4.69) is 15.3 Å². The highest BCUT2D eigenvalue weighted by atomic mass is 35.5. The molecule has 0 aliphatic heterocycles. The third-order valence-corrected chi connectivity index (χ3v) is 3.24. The molecule has 3 aromatic rings. The van der Waals surface area contributed by atoms with Crippen LogP contribution in [0.2, 0.25) is 5.02 Å². The van der Waals surface area contributed by atoms with Gasteiger partial charge in [-0.15, -0.1) is 0 Å². The molecule has 0 fully saturated rings. The van der Waals surface area contributed by atoms with Crippen LogP contribution in [0.25, 0.3) is 10.9 Å². The number of aromatic nitrogens is 2. The van der Waals surface area contributed by atoms with Gasteiger partial charge in [-0.2, -0.15) is 0 Å². The van der Waals surface area contributed by atoms with Crippen molar-refractivity contribution in [1.82, 2.24) is 9.97 Å². The van der Waals surface area contributed by atoms with Crippen LogP contribution in [0.4, 0.5) is 17.2 Å². The molecule has 0 amide bonds. The molecule has 0 aliphatic carbocycles. The Morgan fingerprint density at radius 3 is 2.62 bits per heavy atom. The summed E-state index contributed by atoms with van der Waals surface area (Å²) in [4.78, 5) is 18.6. The predicted molar refractivity (Wildman–Crippen MR) is 80.9 cm³/mol. The smallest absolute Gasteiger partial charge is 0.290 e. The summed E-state index contributed by atoms with van der Waals surface area (Å²) in [7, 11) is 0.